The highest BCUT2D eigenvalue weighted by atomic mass is 32.2. The zero-order valence-electron chi connectivity index (χ0n) is 9.64. The Morgan fingerprint density at radius 2 is 1.50 bits per heavy atom. The van der Waals surface area contributed by atoms with Gasteiger partial charge in [-0.2, -0.15) is 0 Å². The van der Waals surface area contributed by atoms with E-state index in [1.54, 1.807) is 4.31 Å². The van der Waals surface area contributed by atoms with Crippen LogP contribution in [0.4, 0.5) is 0 Å². The van der Waals surface area contributed by atoms with Crippen LogP contribution in [0.15, 0.2) is 0 Å². The minimum absolute atomic E-state index is 0.156. The second-order valence-electron chi connectivity index (χ2n) is 4.94. The van der Waals surface area contributed by atoms with E-state index in [2.05, 4.69) is 0 Å². The lowest BCUT2D eigenvalue weighted by Crippen LogP contribution is -2.45. The predicted octanol–water partition coefficient (Wildman–Crippen LogP) is 1.11. The molecule has 1 heterocycles. The summed E-state index contributed by atoms with van der Waals surface area (Å²) < 4.78 is 26.2. The number of nitrogens with zero attached hydrogens (tertiary/aromatic N) is 1. The maximum Gasteiger partial charge on any atom is 0.216 e. The average Bonchev–Trinajstić information content (AvgIpc) is 2.31. The second kappa shape index (κ2) is 5.02. The van der Waals surface area contributed by atoms with Crippen molar-refractivity contribution in [3.63, 3.8) is 0 Å². The van der Waals surface area contributed by atoms with Crippen molar-refractivity contribution in [1.29, 1.82) is 0 Å². The molecule has 1 saturated heterocycles. The van der Waals surface area contributed by atoms with Gasteiger partial charge in [-0.05, 0) is 25.7 Å². The van der Waals surface area contributed by atoms with Crippen molar-refractivity contribution in [2.75, 3.05) is 13.1 Å². The van der Waals surface area contributed by atoms with Gasteiger partial charge in [-0.3, -0.25) is 0 Å². The van der Waals surface area contributed by atoms with E-state index < -0.39 is 10.0 Å². The van der Waals surface area contributed by atoms with Crippen LogP contribution in [-0.4, -0.2) is 42.3 Å². The van der Waals surface area contributed by atoms with Gasteiger partial charge in [0.25, 0.3) is 0 Å². The SMILES string of the molecule is O=S(=O)(C1CCCCC1)N1CCC(O)CC1. The van der Waals surface area contributed by atoms with E-state index in [9.17, 15) is 13.5 Å². The van der Waals surface area contributed by atoms with Gasteiger partial charge in [0.2, 0.25) is 10.0 Å². The molecule has 0 unspecified atom stereocenters. The summed E-state index contributed by atoms with van der Waals surface area (Å²) in [6, 6.07) is 0. The highest BCUT2D eigenvalue weighted by molar-refractivity contribution is 7.89. The summed E-state index contributed by atoms with van der Waals surface area (Å²) >= 11 is 0. The molecular weight excluding hydrogens is 226 g/mol. The Bertz CT molecular complexity index is 314. The lowest BCUT2D eigenvalue weighted by Gasteiger charge is -2.33. The van der Waals surface area contributed by atoms with Gasteiger partial charge >= 0.3 is 0 Å². The Balaban J connectivity index is 2.00. The molecule has 5 heteroatoms. The Morgan fingerprint density at radius 1 is 0.938 bits per heavy atom. The van der Waals surface area contributed by atoms with Crippen LogP contribution in [0.5, 0.6) is 0 Å². The predicted molar refractivity (Wildman–Crippen MR) is 62.6 cm³/mol. The Kier molecular flexibility index (Phi) is 3.87. The molecule has 0 aromatic heterocycles. The fourth-order valence-electron chi connectivity index (χ4n) is 2.67. The minimum Gasteiger partial charge on any atom is -0.393 e. The lowest BCUT2D eigenvalue weighted by atomic mass is 10.0. The molecule has 0 amide bonds. The summed E-state index contributed by atoms with van der Waals surface area (Å²) in [5.41, 5.74) is 0. The summed E-state index contributed by atoms with van der Waals surface area (Å²) in [5, 5.41) is 9.23. The Hall–Kier alpha value is -0.130. The largest absolute Gasteiger partial charge is 0.393 e. The van der Waals surface area contributed by atoms with Crippen molar-refractivity contribution < 1.29 is 13.5 Å². The number of hydrogen-bond acceptors (Lipinski definition) is 3. The molecule has 0 aromatic rings. The molecular formula is C11H21NO3S. The van der Waals surface area contributed by atoms with Crippen LogP contribution in [-0.2, 0) is 10.0 Å². The normalized spacial score (nSPS) is 27.1. The summed E-state index contributed by atoms with van der Waals surface area (Å²) in [6.45, 7) is 1.00. The van der Waals surface area contributed by atoms with E-state index in [-0.39, 0.29) is 11.4 Å². The van der Waals surface area contributed by atoms with Crippen LogP contribution in [0, 0.1) is 0 Å². The highest BCUT2D eigenvalue weighted by Gasteiger charge is 2.34. The molecule has 4 nitrogen and oxygen atoms in total. The third kappa shape index (κ3) is 2.57. The van der Waals surface area contributed by atoms with Crippen LogP contribution >= 0.6 is 0 Å². The highest BCUT2D eigenvalue weighted by Crippen LogP contribution is 2.27. The molecule has 0 aromatic carbocycles. The van der Waals surface area contributed by atoms with E-state index >= 15 is 0 Å². The van der Waals surface area contributed by atoms with Gasteiger partial charge < -0.3 is 5.11 Å². The third-order valence-corrected chi connectivity index (χ3v) is 6.16. The zero-order valence-corrected chi connectivity index (χ0v) is 10.5. The maximum absolute atomic E-state index is 12.3. The van der Waals surface area contributed by atoms with Gasteiger partial charge in [0.05, 0.1) is 11.4 Å². The van der Waals surface area contributed by atoms with E-state index in [1.165, 1.54) is 6.42 Å². The van der Waals surface area contributed by atoms with Crippen LogP contribution in [0.25, 0.3) is 0 Å². The van der Waals surface area contributed by atoms with Crippen molar-refractivity contribution in [2.24, 2.45) is 0 Å². The van der Waals surface area contributed by atoms with Crippen molar-refractivity contribution in [3.05, 3.63) is 0 Å². The smallest absolute Gasteiger partial charge is 0.216 e. The van der Waals surface area contributed by atoms with Gasteiger partial charge in [-0.25, -0.2) is 12.7 Å². The second-order valence-corrected chi connectivity index (χ2v) is 7.15. The number of hydrogen-bond donors (Lipinski definition) is 1. The van der Waals surface area contributed by atoms with Gasteiger partial charge in [-0.1, -0.05) is 19.3 Å². The molecule has 2 fully saturated rings. The lowest BCUT2D eigenvalue weighted by molar-refractivity contribution is 0.112. The first-order valence-corrected chi connectivity index (χ1v) is 7.78. The van der Waals surface area contributed by atoms with Crippen LogP contribution in [0.3, 0.4) is 0 Å². The Morgan fingerprint density at radius 3 is 2.06 bits per heavy atom. The van der Waals surface area contributed by atoms with Crippen molar-refractivity contribution in [1.82, 2.24) is 4.31 Å². The van der Waals surface area contributed by atoms with E-state index in [1.807, 2.05) is 0 Å². The first kappa shape index (κ1) is 12.3. The molecule has 0 radical (unpaired) electrons. The topological polar surface area (TPSA) is 57.6 Å². The molecule has 16 heavy (non-hydrogen) atoms. The molecule has 2 aliphatic rings. The van der Waals surface area contributed by atoms with Gasteiger partial charge in [0.15, 0.2) is 0 Å². The van der Waals surface area contributed by atoms with Crippen molar-refractivity contribution >= 4 is 10.0 Å². The molecule has 94 valence electrons. The minimum atomic E-state index is -3.09. The van der Waals surface area contributed by atoms with Gasteiger partial charge in [-0.15, -0.1) is 0 Å². The van der Waals surface area contributed by atoms with Crippen LogP contribution < -0.4 is 0 Å². The number of aliphatic hydroxyl groups excluding tert-OH is 1. The quantitative estimate of drug-likeness (QED) is 0.795. The molecule has 1 aliphatic heterocycles. The van der Waals surface area contributed by atoms with Gasteiger partial charge in [0, 0.05) is 13.1 Å². The summed E-state index contributed by atoms with van der Waals surface area (Å²) in [4.78, 5) is 0. The molecule has 1 N–H and O–H groups in total. The maximum atomic E-state index is 12.3. The van der Waals surface area contributed by atoms with E-state index in [0.717, 1.165) is 25.7 Å². The standard InChI is InChI=1S/C11H21NO3S/c13-10-6-8-12(9-7-10)16(14,15)11-4-2-1-3-5-11/h10-11,13H,1-9H2. The van der Waals surface area contributed by atoms with Crippen LogP contribution in [0.2, 0.25) is 0 Å². The summed E-state index contributed by atoms with van der Waals surface area (Å²) in [7, 11) is -3.09. The van der Waals surface area contributed by atoms with Crippen molar-refractivity contribution in [3.8, 4) is 0 Å². The monoisotopic (exact) mass is 247 g/mol. The van der Waals surface area contributed by atoms with Crippen molar-refractivity contribution in [2.45, 2.75) is 56.3 Å². The number of rotatable bonds is 2. The van der Waals surface area contributed by atoms with E-state index in [4.69, 9.17) is 0 Å². The summed E-state index contributed by atoms with van der Waals surface area (Å²) in [5.74, 6) is 0. The van der Waals surface area contributed by atoms with E-state index in [0.29, 0.717) is 25.9 Å². The molecule has 2 rings (SSSR count). The fourth-order valence-corrected chi connectivity index (χ4v) is 4.74. The number of aliphatic hydroxyl groups is 1. The first-order chi connectivity index (χ1) is 7.60. The molecule has 0 bridgehead atoms. The number of piperidine rings is 1. The van der Waals surface area contributed by atoms with Gasteiger partial charge in [0.1, 0.15) is 0 Å². The molecule has 1 saturated carbocycles. The Labute approximate surface area is 97.7 Å². The summed E-state index contributed by atoms with van der Waals surface area (Å²) in [6.07, 6.45) is 5.77. The van der Waals surface area contributed by atoms with Crippen LogP contribution in [0.1, 0.15) is 44.9 Å². The average molecular weight is 247 g/mol. The zero-order chi connectivity index (χ0) is 11.6. The molecule has 0 atom stereocenters. The number of sulfonamides is 1. The first-order valence-electron chi connectivity index (χ1n) is 6.28. The third-order valence-electron chi connectivity index (χ3n) is 3.76. The fraction of sp³-hybridized carbons (Fsp3) is 1.00. The molecule has 0 spiro atoms. The molecule has 1 aliphatic carbocycles.